The third-order valence-electron chi connectivity index (χ3n) is 5.85. The highest BCUT2D eigenvalue weighted by Gasteiger charge is 2.19. The van der Waals surface area contributed by atoms with Gasteiger partial charge >= 0.3 is 0 Å². The number of carbonyl (C=O) groups is 2. The molecule has 184 valence electrons. The molecule has 0 fully saturated rings. The van der Waals surface area contributed by atoms with Gasteiger partial charge in [-0.05, 0) is 54.5 Å². The topological polar surface area (TPSA) is 77.0 Å². The number of guanidine groups is 1. The van der Waals surface area contributed by atoms with E-state index in [1.54, 1.807) is 38.0 Å². The van der Waals surface area contributed by atoms with E-state index in [1.807, 2.05) is 24.3 Å². The Morgan fingerprint density at radius 3 is 2.44 bits per heavy atom. The van der Waals surface area contributed by atoms with Crippen molar-refractivity contribution in [2.75, 3.05) is 41.3 Å². The normalized spacial score (nSPS) is 14.9. The Kier molecular flexibility index (Phi) is 10.8. The molecule has 2 aromatic carbocycles. The van der Waals surface area contributed by atoms with Crippen molar-refractivity contribution in [2.24, 2.45) is 4.99 Å². The van der Waals surface area contributed by atoms with E-state index in [4.69, 9.17) is 0 Å². The number of halogens is 1. The molecule has 1 aliphatic rings. The molecule has 0 saturated carbocycles. The third-order valence-corrected chi connectivity index (χ3v) is 5.85. The number of nitrogens with one attached hydrogen (secondary N) is 2. The Morgan fingerprint density at radius 1 is 1.00 bits per heavy atom. The number of benzene rings is 2. The first kappa shape index (κ1) is 27.6. The van der Waals surface area contributed by atoms with Crippen LogP contribution in [0.5, 0.6) is 0 Å². The lowest BCUT2D eigenvalue weighted by Gasteiger charge is -2.27. The average molecular weight is 578 g/mol. The van der Waals surface area contributed by atoms with Gasteiger partial charge in [0.1, 0.15) is 6.54 Å². The molecule has 1 aliphatic carbocycles. The summed E-state index contributed by atoms with van der Waals surface area (Å²) in [5.41, 5.74) is 4.54. The largest absolute Gasteiger partial charge is 0.356 e. The SMILES string of the molecule is CN(C)C(=O)CN=C(NCCc1cccc(C(=O)N(C)C)c1)NC1CCc2ccccc2C1.I. The maximum Gasteiger partial charge on any atom is 0.253 e. The predicted octanol–water partition coefficient (Wildman–Crippen LogP) is 2.73. The predicted molar refractivity (Wildman–Crippen MR) is 148 cm³/mol. The maximum absolute atomic E-state index is 12.2. The van der Waals surface area contributed by atoms with Gasteiger partial charge in [-0.2, -0.15) is 0 Å². The zero-order chi connectivity index (χ0) is 23.8. The van der Waals surface area contributed by atoms with Gasteiger partial charge in [0.25, 0.3) is 5.91 Å². The summed E-state index contributed by atoms with van der Waals surface area (Å²) in [6.45, 7) is 0.739. The number of fused-ring (bicyclic) bond motifs is 1. The van der Waals surface area contributed by atoms with Crippen molar-refractivity contribution in [1.82, 2.24) is 20.4 Å². The van der Waals surface area contributed by atoms with E-state index in [-0.39, 0.29) is 48.4 Å². The standard InChI is InChI=1S/C26H35N5O2.HI/c1-30(2)24(32)18-28-26(29-23-13-12-20-9-5-6-10-21(20)17-23)27-15-14-19-8-7-11-22(16-19)25(33)31(3)4;/h5-11,16,23H,12-15,17-18H2,1-4H3,(H2,27,28,29);1H. The minimum Gasteiger partial charge on any atom is -0.356 e. The fourth-order valence-electron chi connectivity index (χ4n) is 3.90. The second kappa shape index (κ2) is 13.3. The van der Waals surface area contributed by atoms with Crippen LogP contribution in [0.3, 0.4) is 0 Å². The average Bonchev–Trinajstić information content (AvgIpc) is 2.81. The summed E-state index contributed by atoms with van der Waals surface area (Å²) in [5, 5.41) is 6.91. The molecular formula is C26H36IN5O2. The van der Waals surface area contributed by atoms with Gasteiger partial charge in [-0.15, -0.1) is 24.0 Å². The van der Waals surface area contributed by atoms with E-state index >= 15 is 0 Å². The molecular weight excluding hydrogens is 541 g/mol. The summed E-state index contributed by atoms with van der Waals surface area (Å²) >= 11 is 0. The first-order valence-electron chi connectivity index (χ1n) is 11.5. The maximum atomic E-state index is 12.2. The van der Waals surface area contributed by atoms with Crippen molar-refractivity contribution in [1.29, 1.82) is 0 Å². The van der Waals surface area contributed by atoms with Gasteiger partial charge in [0.05, 0.1) is 0 Å². The lowest BCUT2D eigenvalue weighted by molar-refractivity contribution is -0.127. The summed E-state index contributed by atoms with van der Waals surface area (Å²) in [5.74, 6) is 0.601. The highest BCUT2D eigenvalue weighted by molar-refractivity contribution is 14.0. The van der Waals surface area contributed by atoms with Gasteiger partial charge in [-0.3, -0.25) is 9.59 Å². The number of likely N-dealkylation sites (N-methyl/N-ethyl adjacent to an activating group) is 1. The molecule has 1 atom stereocenters. The van der Waals surface area contributed by atoms with Crippen LogP contribution >= 0.6 is 24.0 Å². The van der Waals surface area contributed by atoms with Crippen molar-refractivity contribution in [3.8, 4) is 0 Å². The van der Waals surface area contributed by atoms with Crippen LogP contribution < -0.4 is 10.6 Å². The van der Waals surface area contributed by atoms with E-state index < -0.39 is 0 Å². The summed E-state index contributed by atoms with van der Waals surface area (Å²) in [7, 11) is 6.98. The molecule has 0 radical (unpaired) electrons. The van der Waals surface area contributed by atoms with Crippen LogP contribution in [0.15, 0.2) is 53.5 Å². The number of rotatable bonds is 7. The Balaban J connectivity index is 0.00000408. The number of aryl methyl sites for hydroxylation is 1. The Bertz CT molecular complexity index is 1010. The molecule has 0 aromatic heterocycles. The second-order valence-corrected chi connectivity index (χ2v) is 8.88. The lowest BCUT2D eigenvalue weighted by Crippen LogP contribution is -2.46. The number of hydrogen-bond donors (Lipinski definition) is 2. The molecule has 0 heterocycles. The fourth-order valence-corrected chi connectivity index (χ4v) is 3.90. The molecule has 7 nitrogen and oxygen atoms in total. The van der Waals surface area contributed by atoms with E-state index in [2.05, 4.69) is 39.9 Å². The highest BCUT2D eigenvalue weighted by atomic mass is 127. The summed E-state index contributed by atoms with van der Waals surface area (Å²) < 4.78 is 0. The molecule has 8 heteroatoms. The molecule has 34 heavy (non-hydrogen) atoms. The van der Waals surface area contributed by atoms with E-state index in [0.29, 0.717) is 18.1 Å². The van der Waals surface area contributed by atoms with Crippen LogP contribution in [0.1, 0.15) is 33.5 Å². The van der Waals surface area contributed by atoms with Crippen molar-refractivity contribution in [2.45, 2.75) is 31.7 Å². The first-order valence-corrected chi connectivity index (χ1v) is 11.5. The van der Waals surface area contributed by atoms with Crippen LogP contribution in [0.4, 0.5) is 0 Å². The number of aliphatic imine (C=N–C) groups is 1. The molecule has 2 aromatic rings. The van der Waals surface area contributed by atoms with Crippen molar-refractivity contribution < 1.29 is 9.59 Å². The second-order valence-electron chi connectivity index (χ2n) is 8.88. The summed E-state index contributed by atoms with van der Waals surface area (Å²) in [6, 6.07) is 16.5. The smallest absolute Gasteiger partial charge is 0.253 e. The fraction of sp³-hybridized carbons (Fsp3) is 0.423. The van der Waals surface area contributed by atoms with Crippen molar-refractivity contribution in [3.05, 3.63) is 70.8 Å². The van der Waals surface area contributed by atoms with Crippen LogP contribution in [0.2, 0.25) is 0 Å². The van der Waals surface area contributed by atoms with E-state index in [1.165, 1.54) is 11.1 Å². The van der Waals surface area contributed by atoms with Crippen LogP contribution in [-0.4, -0.2) is 74.9 Å². The zero-order valence-electron chi connectivity index (χ0n) is 20.5. The van der Waals surface area contributed by atoms with Gasteiger partial charge in [0.2, 0.25) is 5.91 Å². The van der Waals surface area contributed by atoms with E-state index in [9.17, 15) is 9.59 Å². The molecule has 2 N–H and O–H groups in total. The quantitative estimate of drug-likeness (QED) is 0.302. The first-order chi connectivity index (χ1) is 15.8. The van der Waals surface area contributed by atoms with E-state index in [0.717, 1.165) is 31.2 Å². The summed E-state index contributed by atoms with van der Waals surface area (Å²) in [4.78, 5) is 32.0. The van der Waals surface area contributed by atoms with Gasteiger partial charge in [0.15, 0.2) is 5.96 Å². The molecule has 1 unspecified atom stereocenters. The minimum atomic E-state index is -0.0417. The Morgan fingerprint density at radius 2 is 1.74 bits per heavy atom. The van der Waals surface area contributed by atoms with Crippen molar-refractivity contribution >= 4 is 41.8 Å². The molecule has 0 bridgehead atoms. The molecule has 0 spiro atoms. The molecule has 0 aliphatic heterocycles. The number of hydrogen-bond acceptors (Lipinski definition) is 3. The summed E-state index contributed by atoms with van der Waals surface area (Å²) in [6.07, 6.45) is 3.73. The monoisotopic (exact) mass is 577 g/mol. The zero-order valence-corrected chi connectivity index (χ0v) is 22.8. The molecule has 2 amide bonds. The highest BCUT2D eigenvalue weighted by Crippen LogP contribution is 2.21. The number of nitrogens with zero attached hydrogens (tertiary/aromatic N) is 3. The minimum absolute atomic E-state index is 0. The number of carbonyl (C=O) groups excluding carboxylic acids is 2. The van der Waals surface area contributed by atoms with Crippen LogP contribution in [0.25, 0.3) is 0 Å². The van der Waals surface area contributed by atoms with Gasteiger partial charge in [-0.25, -0.2) is 4.99 Å². The van der Waals surface area contributed by atoms with Crippen LogP contribution in [0, 0.1) is 0 Å². The molecule has 0 saturated heterocycles. The van der Waals surface area contributed by atoms with Gasteiger partial charge < -0.3 is 20.4 Å². The van der Waals surface area contributed by atoms with Crippen LogP contribution in [-0.2, 0) is 24.1 Å². The Labute approximate surface area is 220 Å². The van der Waals surface area contributed by atoms with Gasteiger partial charge in [0, 0.05) is 46.3 Å². The molecule has 3 rings (SSSR count). The van der Waals surface area contributed by atoms with Gasteiger partial charge in [-0.1, -0.05) is 36.4 Å². The third kappa shape index (κ3) is 8.00. The van der Waals surface area contributed by atoms with Crippen molar-refractivity contribution in [3.63, 3.8) is 0 Å². The number of amides is 2. The lowest BCUT2D eigenvalue weighted by atomic mass is 9.88. The Hall–Kier alpha value is -2.62.